The molecule has 1 heterocycles. The maximum Gasteiger partial charge on any atom is 0.276 e. The Hall–Kier alpha value is -1.12. The number of thiophene rings is 1. The second-order valence-electron chi connectivity index (χ2n) is 5.02. The average Bonchev–Trinajstić information content (AvgIpc) is 3.09. The van der Waals surface area contributed by atoms with Gasteiger partial charge in [-0.2, -0.15) is 0 Å². The largest absolute Gasteiger partial charge is 0.276 e. The standard InChI is InChI=1S/C14H12Cl2N2O3S2/c15-9-4-2-6-12(13(9)16)23(20,21)18-17-14(19)11-7-8-3-1-5-10(8)22-11/h2,4,6-7,18H,1,3,5H2,(H,17,19). The minimum atomic E-state index is -4.01. The molecule has 1 amide bonds. The van der Waals surface area contributed by atoms with E-state index in [0.29, 0.717) is 4.88 Å². The first kappa shape index (κ1) is 16.7. The lowest BCUT2D eigenvalue weighted by atomic mass is 10.2. The van der Waals surface area contributed by atoms with Crippen LogP contribution < -0.4 is 10.3 Å². The summed E-state index contributed by atoms with van der Waals surface area (Å²) in [4.78, 5) is 15.6. The second kappa shape index (κ2) is 6.41. The quantitative estimate of drug-likeness (QED) is 0.787. The van der Waals surface area contributed by atoms with Gasteiger partial charge < -0.3 is 0 Å². The normalized spacial score (nSPS) is 13.8. The van der Waals surface area contributed by atoms with Crippen LogP contribution in [0.25, 0.3) is 0 Å². The summed E-state index contributed by atoms with van der Waals surface area (Å²) in [6, 6.07) is 6.06. The number of benzene rings is 1. The lowest BCUT2D eigenvalue weighted by Gasteiger charge is -2.09. The maximum atomic E-state index is 12.2. The van der Waals surface area contributed by atoms with Crippen LogP contribution in [0.1, 0.15) is 26.5 Å². The molecule has 3 rings (SSSR count). The maximum absolute atomic E-state index is 12.2. The highest BCUT2D eigenvalue weighted by atomic mass is 35.5. The lowest BCUT2D eigenvalue weighted by Crippen LogP contribution is -2.41. The number of fused-ring (bicyclic) bond motifs is 1. The van der Waals surface area contributed by atoms with E-state index in [1.807, 2.05) is 10.9 Å². The SMILES string of the molecule is O=C(NNS(=O)(=O)c1cccc(Cl)c1Cl)c1cc2c(s1)CCC2. The molecule has 0 atom stereocenters. The summed E-state index contributed by atoms with van der Waals surface area (Å²) < 4.78 is 24.4. The molecule has 2 aromatic rings. The number of carbonyl (C=O) groups is 1. The van der Waals surface area contributed by atoms with Crippen LogP contribution in [-0.2, 0) is 22.9 Å². The monoisotopic (exact) mass is 390 g/mol. The molecule has 0 fully saturated rings. The summed E-state index contributed by atoms with van der Waals surface area (Å²) in [5.74, 6) is -0.494. The van der Waals surface area contributed by atoms with Gasteiger partial charge in [0.25, 0.3) is 15.9 Å². The summed E-state index contributed by atoms with van der Waals surface area (Å²) in [7, 11) is -4.01. The number of hydrogen-bond acceptors (Lipinski definition) is 4. The van der Waals surface area contributed by atoms with Gasteiger partial charge in [-0.3, -0.25) is 10.2 Å². The van der Waals surface area contributed by atoms with Gasteiger partial charge in [-0.1, -0.05) is 29.3 Å². The Balaban J connectivity index is 1.73. The third-order valence-electron chi connectivity index (χ3n) is 3.47. The highest BCUT2D eigenvalue weighted by Crippen LogP contribution is 2.31. The summed E-state index contributed by atoms with van der Waals surface area (Å²) in [5, 5.41) is 0.0292. The van der Waals surface area contributed by atoms with Crippen molar-refractivity contribution in [3.63, 3.8) is 0 Å². The van der Waals surface area contributed by atoms with Gasteiger partial charge in [-0.25, -0.2) is 8.42 Å². The van der Waals surface area contributed by atoms with Crippen molar-refractivity contribution in [2.45, 2.75) is 24.2 Å². The van der Waals surface area contributed by atoms with Crippen molar-refractivity contribution in [3.05, 3.63) is 49.6 Å². The number of aryl methyl sites for hydroxylation is 2. The summed E-state index contributed by atoms with van der Waals surface area (Å²) in [5.41, 5.74) is 3.37. The molecule has 0 radical (unpaired) electrons. The molecule has 2 N–H and O–H groups in total. The first-order valence-corrected chi connectivity index (χ1v) is 9.82. The zero-order chi connectivity index (χ0) is 16.6. The molecule has 1 aliphatic rings. The van der Waals surface area contributed by atoms with Crippen molar-refractivity contribution in [3.8, 4) is 0 Å². The van der Waals surface area contributed by atoms with Crippen LogP contribution >= 0.6 is 34.5 Å². The van der Waals surface area contributed by atoms with E-state index in [4.69, 9.17) is 23.2 Å². The Morgan fingerprint density at radius 2 is 2.00 bits per heavy atom. The Kier molecular flexibility index (Phi) is 4.66. The van der Waals surface area contributed by atoms with E-state index in [9.17, 15) is 13.2 Å². The summed E-state index contributed by atoms with van der Waals surface area (Å²) in [6.45, 7) is 0. The summed E-state index contributed by atoms with van der Waals surface area (Å²) >= 11 is 13.1. The Labute approximate surface area is 147 Å². The molecule has 23 heavy (non-hydrogen) atoms. The van der Waals surface area contributed by atoms with Crippen LogP contribution in [0, 0.1) is 0 Å². The first-order chi connectivity index (χ1) is 10.9. The molecule has 0 saturated carbocycles. The zero-order valence-electron chi connectivity index (χ0n) is 11.7. The van der Waals surface area contributed by atoms with Crippen LogP contribution in [0.4, 0.5) is 0 Å². The topological polar surface area (TPSA) is 75.3 Å². The molecule has 0 aliphatic heterocycles. The molecular formula is C14H12Cl2N2O3S2. The van der Waals surface area contributed by atoms with Crippen molar-refractivity contribution >= 4 is 50.5 Å². The number of halogens is 2. The molecular weight excluding hydrogens is 379 g/mol. The number of carbonyl (C=O) groups excluding carboxylic acids is 1. The molecule has 9 heteroatoms. The van der Waals surface area contributed by atoms with Crippen LogP contribution in [0.2, 0.25) is 10.0 Å². The molecule has 0 bridgehead atoms. The van der Waals surface area contributed by atoms with Crippen molar-refractivity contribution in [2.24, 2.45) is 0 Å². The number of rotatable bonds is 4. The van der Waals surface area contributed by atoms with E-state index in [1.165, 1.54) is 40.0 Å². The third kappa shape index (κ3) is 3.39. The fourth-order valence-electron chi connectivity index (χ4n) is 2.36. The smallest absolute Gasteiger partial charge is 0.273 e. The van der Waals surface area contributed by atoms with E-state index in [-0.39, 0.29) is 14.9 Å². The number of hydrogen-bond donors (Lipinski definition) is 2. The fraction of sp³-hybridized carbons (Fsp3) is 0.214. The van der Waals surface area contributed by atoms with E-state index < -0.39 is 15.9 Å². The highest BCUT2D eigenvalue weighted by molar-refractivity contribution is 7.89. The Bertz CT molecular complexity index is 857. The number of sulfonamides is 1. The van der Waals surface area contributed by atoms with Gasteiger partial charge in [-0.05, 0) is 43.0 Å². The minimum absolute atomic E-state index is 0.0917. The van der Waals surface area contributed by atoms with E-state index >= 15 is 0 Å². The second-order valence-corrected chi connectivity index (χ2v) is 8.60. The van der Waals surface area contributed by atoms with Gasteiger partial charge in [0.1, 0.15) is 4.90 Å². The first-order valence-electron chi connectivity index (χ1n) is 6.76. The predicted molar refractivity (Wildman–Crippen MR) is 90.6 cm³/mol. The lowest BCUT2D eigenvalue weighted by molar-refractivity contribution is 0.0949. The van der Waals surface area contributed by atoms with Gasteiger partial charge in [0, 0.05) is 4.88 Å². The number of amides is 1. The summed E-state index contributed by atoms with van der Waals surface area (Å²) in [6.07, 6.45) is 3.03. The van der Waals surface area contributed by atoms with Gasteiger partial charge in [0.05, 0.1) is 14.9 Å². The fourth-order valence-corrected chi connectivity index (χ4v) is 5.11. The van der Waals surface area contributed by atoms with Gasteiger partial charge in [-0.15, -0.1) is 16.2 Å². The van der Waals surface area contributed by atoms with E-state index in [0.717, 1.165) is 19.3 Å². The highest BCUT2D eigenvalue weighted by Gasteiger charge is 2.22. The molecule has 0 unspecified atom stereocenters. The zero-order valence-corrected chi connectivity index (χ0v) is 14.9. The average molecular weight is 391 g/mol. The minimum Gasteiger partial charge on any atom is -0.273 e. The van der Waals surface area contributed by atoms with Gasteiger partial charge >= 0.3 is 0 Å². The van der Waals surface area contributed by atoms with E-state index in [1.54, 1.807) is 0 Å². The van der Waals surface area contributed by atoms with E-state index in [2.05, 4.69) is 5.43 Å². The molecule has 5 nitrogen and oxygen atoms in total. The number of nitrogens with one attached hydrogen (secondary N) is 2. The van der Waals surface area contributed by atoms with Gasteiger partial charge in [0.15, 0.2) is 0 Å². The van der Waals surface area contributed by atoms with Gasteiger partial charge in [0.2, 0.25) is 0 Å². The molecule has 1 aromatic heterocycles. The number of hydrazine groups is 1. The molecule has 0 saturated heterocycles. The van der Waals surface area contributed by atoms with Crippen LogP contribution in [0.15, 0.2) is 29.2 Å². The Morgan fingerprint density at radius 1 is 1.22 bits per heavy atom. The molecule has 1 aliphatic carbocycles. The van der Waals surface area contributed by atoms with Crippen molar-refractivity contribution in [1.29, 1.82) is 0 Å². The van der Waals surface area contributed by atoms with Crippen molar-refractivity contribution < 1.29 is 13.2 Å². The van der Waals surface area contributed by atoms with Crippen molar-refractivity contribution in [2.75, 3.05) is 0 Å². The predicted octanol–water partition coefficient (Wildman–Crippen LogP) is 3.17. The molecule has 0 spiro atoms. The molecule has 122 valence electrons. The molecule has 1 aromatic carbocycles. The Morgan fingerprint density at radius 3 is 2.74 bits per heavy atom. The van der Waals surface area contributed by atoms with Crippen molar-refractivity contribution in [1.82, 2.24) is 10.3 Å². The van der Waals surface area contributed by atoms with Crippen LogP contribution in [-0.4, -0.2) is 14.3 Å². The van der Waals surface area contributed by atoms with Crippen LogP contribution in [0.3, 0.4) is 0 Å². The van der Waals surface area contributed by atoms with Crippen LogP contribution in [0.5, 0.6) is 0 Å². The third-order valence-corrected chi connectivity index (χ3v) is 6.93.